The Bertz CT molecular complexity index is 913. The number of carbonyl (C=O) groups is 2. The molecule has 0 aliphatic carbocycles. The number of benzene rings is 2. The molecule has 164 valence electrons. The van der Waals surface area contributed by atoms with Crippen LogP contribution in [0.2, 0.25) is 0 Å². The van der Waals surface area contributed by atoms with Crippen molar-refractivity contribution in [2.75, 3.05) is 44.7 Å². The van der Waals surface area contributed by atoms with Crippen LogP contribution in [0.25, 0.3) is 0 Å². The number of piperazine rings is 1. The van der Waals surface area contributed by atoms with E-state index in [0.29, 0.717) is 38.4 Å². The van der Waals surface area contributed by atoms with E-state index in [4.69, 9.17) is 0 Å². The lowest BCUT2D eigenvalue weighted by Gasteiger charge is -2.35. The Morgan fingerprint density at radius 3 is 2.35 bits per heavy atom. The van der Waals surface area contributed by atoms with Gasteiger partial charge in [0.05, 0.1) is 4.92 Å². The SMILES string of the molecule is CN(Cc1ccccc1)C(=O)NCCC(=O)N1CCN(c2ccccc2[N+](=O)[O-])CC1. The second kappa shape index (κ2) is 10.4. The average molecular weight is 425 g/mol. The molecule has 1 heterocycles. The lowest BCUT2D eigenvalue weighted by molar-refractivity contribution is -0.384. The van der Waals surface area contributed by atoms with E-state index in [1.807, 2.05) is 35.2 Å². The second-order valence-corrected chi connectivity index (χ2v) is 7.44. The first-order valence-electron chi connectivity index (χ1n) is 10.2. The molecule has 3 rings (SSSR count). The number of hydrogen-bond donors (Lipinski definition) is 1. The minimum Gasteiger partial charge on any atom is -0.362 e. The van der Waals surface area contributed by atoms with Crippen LogP contribution in [0.3, 0.4) is 0 Å². The molecule has 0 saturated carbocycles. The molecule has 1 saturated heterocycles. The van der Waals surface area contributed by atoms with Gasteiger partial charge in [-0.15, -0.1) is 0 Å². The zero-order valence-corrected chi connectivity index (χ0v) is 17.6. The summed E-state index contributed by atoms with van der Waals surface area (Å²) < 4.78 is 0. The van der Waals surface area contributed by atoms with E-state index in [1.54, 1.807) is 35.0 Å². The number of carbonyl (C=O) groups excluding carboxylic acids is 2. The van der Waals surface area contributed by atoms with Crippen LogP contribution in [0.1, 0.15) is 12.0 Å². The third-order valence-electron chi connectivity index (χ3n) is 5.28. The fourth-order valence-electron chi connectivity index (χ4n) is 3.58. The highest BCUT2D eigenvalue weighted by Gasteiger charge is 2.25. The van der Waals surface area contributed by atoms with Crippen molar-refractivity contribution in [3.05, 3.63) is 70.3 Å². The molecule has 9 heteroatoms. The summed E-state index contributed by atoms with van der Waals surface area (Å²) in [5.41, 5.74) is 1.69. The molecule has 1 aliphatic rings. The third kappa shape index (κ3) is 5.94. The maximum atomic E-state index is 12.5. The molecule has 1 fully saturated rings. The van der Waals surface area contributed by atoms with Crippen molar-refractivity contribution in [1.29, 1.82) is 0 Å². The highest BCUT2D eigenvalue weighted by atomic mass is 16.6. The second-order valence-electron chi connectivity index (χ2n) is 7.44. The van der Waals surface area contributed by atoms with E-state index < -0.39 is 0 Å². The van der Waals surface area contributed by atoms with Crippen LogP contribution in [0.5, 0.6) is 0 Å². The predicted molar refractivity (Wildman–Crippen MR) is 118 cm³/mol. The lowest BCUT2D eigenvalue weighted by Crippen LogP contribution is -2.49. The van der Waals surface area contributed by atoms with Crippen LogP contribution >= 0.6 is 0 Å². The first-order valence-corrected chi connectivity index (χ1v) is 10.2. The third-order valence-corrected chi connectivity index (χ3v) is 5.28. The molecule has 31 heavy (non-hydrogen) atoms. The molecule has 0 bridgehead atoms. The predicted octanol–water partition coefficient (Wildman–Crippen LogP) is 2.48. The zero-order chi connectivity index (χ0) is 22.2. The number of nitro benzene ring substituents is 1. The van der Waals surface area contributed by atoms with Crippen LogP contribution in [0.15, 0.2) is 54.6 Å². The van der Waals surface area contributed by atoms with E-state index in [-0.39, 0.29) is 35.5 Å². The van der Waals surface area contributed by atoms with Crippen molar-refractivity contribution < 1.29 is 14.5 Å². The van der Waals surface area contributed by atoms with Gasteiger partial charge in [-0.3, -0.25) is 14.9 Å². The molecular formula is C22H27N5O4. The number of nitro groups is 1. The minimum absolute atomic E-state index is 0.0341. The van der Waals surface area contributed by atoms with Gasteiger partial charge in [-0.1, -0.05) is 42.5 Å². The van der Waals surface area contributed by atoms with Crippen molar-refractivity contribution in [2.45, 2.75) is 13.0 Å². The summed E-state index contributed by atoms with van der Waals surface area (Å²) in [5.74, 6) is -0.0341. The number of nitrogens with one attached hydrogen (secondary N) is 1. The Labute approximate surface area is 181 Å². The lowest BCUT2D eigenvalue weighted by atomic mass is 10.2. The molecule has 2 aromatic rings. The van der Waals surface area contributed by atoms with Crippen molar-refractivity contribution in [2.24, 2.45) is 0 Å². The van der Waals surface area contributed by atoms with Crippen molar-refractivity contribution in [1.82, 2.24) is 15.1 Å². The highest BCUT2D eigenvalue weighted by molar-refractivity contribution is 5.78. The summed E-state index contributed by atoms with van der Waals surface area (Å²) in [5, 5.41) is 14.0. The summed E-state index contributed by atoms with van der Waals surface area (Å²) >= 11 is 0. The van der Waals surface area contributed by atoms with Crippen molar-refractivity contribution >= 4 is 23.3 Å². The molecule has 3 amide bonds. The Balaban J connectivity index is 1.41. The monoisotopic (exact) mass is 425 g/mol. The minimum atomic E-state index is -0.385. The van der Waals surface area contributed by atoms with Gasteiger partial charge in [0, 0.05) is 58.8 Å². The van der Waals surface area contributed by atoms with Gasteiger partial charge < -0.3 is 20.0 Å². The molecule has 0 spiro atoms. The maximum Gasteiger partial charge on any atom is 0.317 e. The first-order chi connectivity index (χ1) is 15.0. The summed E-state index contributed by atoms with van der Waals surface area (Å²) in [4.78, 5) is 40.8. The van der Waals surface area contributed by atoms with Crippen LogP contribution in [-0.2, 0) is 11.3 Å². The van der Waals surface area contributed by atoms with Crippen LogP contribution < -0.4 is 10.2 Å². The smallest absolute Gasteiger partial charge is 0.317 e. The summed E-state index contributed by atoms with van der Waals surface area (Å²) in [6, 6.07) is 16.1. The molecule has 0 unspecified atom stereocenters. The van der Waals surface area contributed by atoms with Crippen LogP contribution in [-0.4, -0.2) is 66.4 Å². The number of amides is 3. The van der Waals surface area contributed by atoms with Gasteiger partial charge >= 0.3 is 6.03 Å². The van der Waals surface area contributed by atoms with Gasteiger partial charge in [0.1, 0.15) is 5.69 Å². The van der Waals surface area contributed by atoms with E-state index >= 15 is 0 Å². The Kier molecular flexibility index (Phi) is 7.42. The average Bonchev–Trinajstić information content (AvgIpc) is 2.79. The van der Waals surface area contributed by atoms with Crippen LogP contribution in [0, 0.1) is 10.1 Å². The molecule has 0 aromatic heterocycles. The largest absolute Gasteiger partial charge is 0.362 e. The molecule has 9 nitrogen and oxygen atoms in total. The number of para-hydroxylation sites is 2. The van der Waals surface area contributed by atoms with E-state index in [0.717, 1.165) is 5.56 Å². The maximum absolute atomic E-state index is 12.5. The number of urea groups is 1. The fraction of sp³-hybridized carbons (Fsp3) is 0.364. The topological polar surface area (TPSA) is 99.0 Å². The van der Waals surface area contributed by atoms with Gasteiger partial charge in [-0.2, -0.15) is 0 Å². The number of rotatable bonds is 7. The molecule has 2 aromatic carbocycles. The fourth-order valence-corrected chi connectivity index (χ4v) is 3.58. The first kappa shape index (κ1) is 22.1. The molecule has 1 aliphatic heterocycles. The van der Waals surface area contributed by atoms with Crippen molar-refractivity contribution in [3.8, 4) is 0 Å². The van der Waals surface area contributed by atoms with E-state index in [2.05, 4.69) is 5.32 Å². The van der Waals surface area contributed by atoms with E-state index in [9.17, 15) is 19.7 Å². The normalized spacial score (nSPS) is 13.6. The van der Waals surface area contributed by atoms with Gasteiger partial charge in [-0.25, -0.2) is 4.79 Å². The van der Waals surface area contributed by atoms with Gasteiger partial charge in [0.15, 0.2) is 0 Å². The Morgan fingerprint density at radius 2 is 1.68 bits per heavy atom. The number of nitrogens with zero attached hydrogens (tertiary/aromatic N) is 4. The summed E-state index contributed by atoms with van der Waals surface area (Å²) in [6.45, 7) is 2.81. The standard InChI is InChI=1S/C22H27N5O4/c1-24(17-18-7-3-2-4-8-18)22(29)23-12-11-21(28)26-15-13-25(14-16-26)19-9-5-6-10-20(19)27(30)31/h2-10H,11-17H2,1H3,(H,23,29). The van der Waals surface area contributed by atoms with Gasteiger partial charge in [-0.05, 0) is 11.6 Å². The quantitative estimate of drug-likeness (QED) is 0.543. The summed E-state index contributed by atoms with van der Waals surface area (Å²) in [6.07, 6.45) is 0.219. The number of anilines is 1. The number of hydrogen-bond acceptors (Lipinski definition) is 5. The molecular weight excluding hydrogens is 398 g/mol. The Morgan fingerprint density at radius 1 is 1.03 bits per heavy atom. The van der Waals surface area contributed by atoms with Crippen LogP contribution in [0.4, 0.5) is 16.2 Å². The summed E-state index contributed by atoms with van der Waals surface area (Å²) in [7, 11) is 1.71. The zero-order valence-electron chi connectivity index (χ0n) is 17.6. The molecule has 0 atom stereocenters. The van der Waals surface area contributed by atoms with Crippen molar-refractivity contribution in [3.63, 3.8) is 0 Å². The van der Waals surface area contributed by atoms with Gasteiger partial charge in [0.25, 0.3) is 5.69 Å². The van der Waals surface area contributed by atoms with Gasteiger partial charge in [0.2, 0.25) is 5.91 Å². The molecule has 0 radical (unpaired) electrons. The van der Waals surface area contributed by atoms with E-state index in [1.165, 1.54) is 6.07 Å². The highest BCUT2D eigenvalue weighted by Crippen LogP contribution is 2.28. The Hall–Kier alpha value is -3.62. The molecule has 1 N–H and O–H groups in total.